The van der Waals surface area contributed by atoms with Gasteiger partial charge in [0, 0.05) is 0 Å². The van der Waals surface area contributed by atoms with Crippen LogP contribution in [0, 0.1) is 0 Å². The van der Waals surface area contributed by atoms with Crippen LogP contribution >= 0.6 is 0 Å². The van der Waals surface area contributed by atoms with E-state index in [0.29, 0.717) is 0 Å². The fourth-order valence-electron chi connectivity index (χ4n) is 0.961. The molecule has 2 atom stereocenters. The van der Waals surface area contributed by atoms with Crippen LogP contribution in [0.5, 0.6) is 0 Å². The topological polar surface area (TPSA) is 107 Å². The summed E-state index contributed by atoms with van der Waals surface area (Å²) in [6.07, 6.45) is -2.38. The molecule has 1 fully saturated rings. The van der Waals surface area contributed by atoms with Gasteiger partial charge in [-0.25, -0.2) is 0 Å². The highest BCUT2D eigenvalue weighted by molar-refractivity contribution is 5.98. The summed E-state index contributed by atoms with van der Waals surface area (Å²) < 4.78 is 4.31. The zero-order valence-corrected chi connectivity index (χ0v) is 6.52. The summed E-state index contributed by atoms with van der Waals surface area (Å²) in [7, 11) is 0. The van der Waals surface area contributed by atoms with Gasteiger partial charge in [0.05, 0.1) is 6.42 Å². The Morgan fingerprint density at radius 2 is 2.31 bits per heavy atom. The van der Waals surface area contributed by atoms with Crippen LogP contribution in [0.3, 0.4) is 0 Å². The van der Waals surface area contributed by atoms with Crippen molar-refractivity contribution in [3.05, 3.63) is 12.3 Å². The Hall–Kier alpha value is -1.40. The molecule has 1 heterocycles. The van der Waals surface area contributed by atoms with Crippen LogP contribution in [0.25, 0.3) is 0 Å². The van der Waals surface area contributed by atoms with Gasteiger partial charge in [0.15, 0.2) is 5.76 Å². The number of carboxylic acid groups (broad SMARTS) is 1. The number of ketones is 1. The fraction of sp³-hybridized carbons (Fsp3) is 0.429. The minimum absolute atomic E-state index is 0.592. The molecule has 0 spiro atoms. The van der Waals surface area contributed by atoms with E-state index in [1.54, 1.807) is 0 Å². The Balaban J connectivity index is 2.91. The first kappa shape index (κ1) is 9.69. The molecule has 6 heteroatoms. The molecule has 0 aliphatic carbocycles. The van der Waals surface area contributed by atoms with E-state index in [1.165, 1.54) is 0 Å². The smallest absolute Gasteiger partial charge is 0.252 e. The first-order chi connectivity index (χ1) is 5.87. The third-order valence-electron chi connectivity index (χ3n) is 1.66. The van der Waals surface area contributed by atoms with E-state index in [-0.39, 0.29) is 0 Å². The number of Topliss-reactive ketones (excluding diaryl/α,β-unsaturated/α-hetero) is 1. The summed E-state index contributed by atoms with van der Waals surface area (Å²) in [5, 5.41) is 28.5. The van der Waals surface area contributed by atoms with Crippen LogP contribution in [0.4, 0.5) is 0 Å². The highest BCUT2D eigenvalue weighted by Gasteiger charge is 2.43. The van der Waals surface area contributed by atoms with E-state index >= 15 is 0 Å². The number of aliphatic hydroxyl groups excluding tert-OH is 1. The van der Waals surface area contributed by atoms with E-state index in [1.807, 2.05) is 0 Å². The number of carbonyl (C=O) groups is 2. The summed E-state index contributed by atoms with van der Waals surface area (Å²) in [5.41, 5.74) is 0. The summed E-state index contributed by atoms with van der Waals surface area (Å²) >= 11 is 0. The van der Waals surface area contributed by atoms with Crippen LogP contribution in [-0.2, 0) is 14.3 Å². The van der Waals surface area contributed by atoms with Gasteiger partial charge in [0.2, 0.25) is 5.78 Å². The maximum absolute atomic E-state index is 10.8. The number of aliphatic hydroxyl groups is 2. The van der Waals surface area contributed by atoms with Gasteiger partial charge in [-0.2, -0.15) is 0 Å². The monoisotopic (exact) mass is 187 g/mol. The highest BCUT2D eigenvalue weighted by atomic mass is 16.7. The standard InChI is InChI=1S/C7H8O6/c1-3-5(9)4(8)2-7(12,13-3)6(10)11/h4,8,12H,1-2H2,(H,10,11)/p-1/t4-,7-/m1/s1. The van der Waals surface area contributed by atoms with Crippen LogP contribution < -0.4 is 5.11 Å². The molecule has 6 nitrogen and oxygen atoms in total. The Morgan fingerprint density at radius 1 is 1.77 bits per heavy atom. The molecular formula is C7H7O6-. The average molecular weight is 187 g/mol. The number of hydrogen-bond donors (Lipinski definition) is 2. The molecule has 0 aromatic rings. The van der Waals surface area contributed by atoms with Gasteiger partial charge >= 0.3 is 0 Å². The Labute approximate surface area is 73.1 Å². The molecule has 0 saturated carbocycles. The molecule has 0 aromatic heterocycles. The van der Waals surface area contributed by atoms with Crippen molar-refractivity contribution in [1.29, 1.82) is 0 Å². The van der Waals surface area contributed by atoms with Crippen molar-refractivity contribution in [1.82, 2.24) is 0 Å². The van der Waals surface area contributed by atoms with Gasteiger partial charge in [-0.1, -0.05) is 6.58 Å². The molecule has 0 radical (unpaired) electrons. The maximum Gasteiger partial charge on any atom is 0.252 e. The fourth-order valence-corrected chi connectivity index (χ4v) is 0.961. The van der Waals surface area contributed by atoms with Crippen LogP contribution in [-0.4, -0.2) is 33.9 Å². The van der Waals surface area contributed by atoms with Gasteiger partial charge in [-0.05, 0) is 0 Å². The number of aliphatic carboxylic acids is 1. The van der Waals surface area contributed by atoms with E-state index in [0.717, 1.165) is 0 Å². The molecule has 1 saturated heterocycles. The second-order valence-electron chi connectivity index (χ2n) is 2.68. The number of carboxylic acids is 1. The quantitative estimate of drug-likeness (QED) is 0.432. The van der Waals surface area contributed by atoms with Gasteiger partial charge in [-0.3, -0.25) is 4.79 Å². The molecule has 0 amide bonds. The Bertz CT molecular complexity index is 283. The van der Waals surface area contributed by atoms with Crippen molar-refractivity contribution in [2.75, 3.05) is 0 Å². The minimum Gasteiger partial charge on any atom is -0.543 e. The zero-order valence-electron chi connectivity index (χ0n) is 6.52. The molecular weight excluding hydrogens is 180 g/mol. The van der Waals surface area contributed by atoms with Crippen LogP contribution in [0.1, 0.15) is 6.42 Å². The zero-order chi connectivity index (χ0) is 10.2. The third kappa shape index (κ3) is 1.53. The predicted molar refractivity (Wildman–Crippen MR) is 35.8 cm³/mol. The number of ether oxygens (including phenoxy) is 1. The van der Waals surface area contributed by atoms with Gasteiger partial charge in [-0.15, -0.1) is 0 Å². The van der Waals surface area contributed by atoms with E-state index in [9.17, 15) is 14.7 Å². The summed E-state index contributed by atoms with van der Waals surface area (Å²) in [6.45, 7) is 3.04. The lowest BCUT2D eigenvalue weighted by Crippen LogP contribution is -2.56. The van der Waals surface area contributed by atoms with Crippen molar-refractivity contribution in [3.63, 3.8) is 0 Å². The Kier molecular flexibility index (Phi) is 2.10. The molecule has 1 aliphatic heterocycles. The largest absolute Gasteiger partial charge is 0.543 e. The summed E-state index contributed by atoms with van der Waals surface area (Å²) in [5.74, 6) is -6.01. The molecule has 0 unspecified atom stereocenters. The normalized spacial score (nSPS) is 34.2. The predicted octanol–water partition coefficient (Wildman–Crippen LogP) is -2.71. The second kappa shape index (κ2) is 2.82. The lowest BCUT2D eigenvalue weighted by molar-refractivity contribution is -0.352. The van der Waals surface area contributed by atoms with Gasteiger partial charge in [0.25, 0.3) is 5.79 Å². The molecule has 72 valence electrons. The van der Waals surface area contributed by atoms with E-state index in [2.05, 4.69) is 11.3 Å². The first-order valence-corrected chi connectivity index (χ1v) is 3.41. The molecule has 1 aliphatic rings. The first-order valence-electron chi connectivity index (χ1n) is 3.41. The molecule has 13 heavy (non-hydrogen) atoms. The lowest BCUT2D eigenvalue weighted by Gasteiger charge is -2.35. The Morgan fingerprint density at radius 3 is 2.69 bits per heavy atom. The number of carbonyl (C=O) groups excluding carboxylic acids is 2. The van der Waals surface area contributed by atoms with Crippen LogP contribution in [0.15, 0.2) is 12.3 Å². The highest BCUT2D eigenvalue weighted by Crippen LogP contribution is 2.25. The van der Waals surface area contributed by atoms with Crippen molar-refractivity contribution in [2.24, 2.45) is 0 Å². The SMILES string of the molecule is C=C1O[C@@](O)(C(=O)[O-])C[C@@H](O)C1=O. The van der Waals surface area contributed by atoms with Crippen LogP contribution in [0.2, 0.25) is 0 Å². The maximum atomic E-state index is 10.8. The van der Waals surface area contributed by atoms with Crippen molar-refractivity contribution >= 4 is 11.8 Å². The summed E-state index contributed by atoms with van der Waals surface area (Å²) in [4.78, 5) is 21.2. The third-order valence-corrected chi connectivity index (χ3v) is 1.66. The second-order valence-corrected chi connectivity index (χ2v) is 2.68. The van der Waals surface area contributed by atoms with Gasteiger partial charge < -0.3 is 24.9 Å². The molecule has 1 rings (SSSR count). The van der Waals surface area contributed by atoms with E-state index in [4.69, 9.17) is 10.2 Å². The number of hydrogen-bond acceptors (Lipinski definition) is 6. The number of rotatable bonds is 1. The average Bonchev–Trinajstić information content (AvgIpc) is 2.00. The summed E-state index contributed by atoms with van der Waals surface area (Å²) in [6, 6.07) is 0. The van der Waals surface area contributed by atoms with Crippen molar-refractivity contribution in [3.8, 4) is 0 Å². The minimum atomic E-state index is -2.66. The van der Waals surface area contributed by atoms with Crippen molar-refractivity contribution in [2.45, 2.75) is 18.3 Å². The lowest BCUT2D eigenvalue weighted by atomic mass is 10.0. The van der Waals surface area contributed by atoms with E-state index < -0.39 is 35.8 Å². The molecule has 0 aromatic carbocycles. The van der Waals surface area contributed by atoms with Crippen molar-refractivity contribution < 1.29 is 29.6 Å². The molecule has 0 bridgehead atoms. The van der Waals surface area contributed by atoms with Gasteiger partial charge in [0.1, 0.15) is 12.1 Å². The molecule has 2 N–H and O–H groups in total.